The highest BCUT2D eigenvalue weighted by Crippen LogP contribution is 2.11. The number of hydrogen-bond donors (Lipinski definition) is 0. The fourth-order valence-electron chi connectivity index (χ4n) is 1.68. The third-order valence-electron chi connectivity index (χ3n) is 2.63. The molecule has 0 spiro atoms. The Kier molecular flexibility index (Phi) is 2.97. The molecule has 0 unspecified atom stereocenters. The molecule has 0 saturated heterocycles. The molecule has 6 heteroatoms. The monoisotopic (exact) mass is 255 g/mol. The van der Waals surface area contributed by atoms with Crippen molar-refractivity contribution in [2.24, 2.45) is 0 Å². The van der Waals surface area contributed by atoms with Crippen LogP contribution in [0.3, 0.4) is 0 Å². The molecule has 0 saturated carbocycles. The van der Waals surface area contributed by atoms with Crippen molar-refractivity contribution in [3.63, 3.8) is 0 Å². The predicted molar refractivity (Wildman–Crippen MR) is 66.6 cm³/mol. The van der Waals surface area contributed by atoms with Crippen LogP contribution in [0.2, 0.25) is 0 Å². The van der Waals surface area contributed by atoms with E-state index in [1.165, 1.54) is 16.9 Å². The van der Waals surface area contributed by atoms with E-state index in [4.69, 9.17) is 0 Å². The van der Waals surface area contributed by atoms with Gasteiger partial charge in [0, 0.05) is 18.0 Å². The summed E-state index contributed by atoms with van der Waals surface area (Å²) in [5, 5.41) is 12.2. The average Bonchev–Trinajstić information content (AvgIpc) is 2.91. The molecule has 0 radical (unpaired) electrons. The maximum Gasteiger partial charge on any atom is 0.205 e. The van der Waals surface area contributed by atoms with E-state index in [0.717, 1.165) is 11.1 Å². The summed E-state index contributed by atoms with van der Waals surface area (Å²) in [6, 6.07) is 9.86. The molecule has 0 amide bonds. The Balaban J connectivity index is 1.80. The second-order valence-electron chi connectivity index (χ2n) is 4.01. The van der Waals surface area contributed by atoms with Gasteiger partial charge in [-0.15, -0.1) is 10.2 Å². The first kappa shape index (κ1) is 11.5. The maximum atomic E-state index is 12.8. The van der Waals surface area contributed by atoms with E-state index in [1.54, 1.807) is 24.5 Å². The number of halogens is 1. The molecule has 0 aliphatic carbocycles. The summed E-state index contributed by atoms with van der Waals surface area (Å²) in [4.78, 5) is 5.41. The fraction of sp³-hybridized carbons (Fsp3) is 0.0769. The lowest BCUT2D eigenvalue weighted by molar-refractivity contribution is 0.570. The first-order valence-corrected chi connectivity index (χ1v) is 5.74. The SMILES string of the molecule is Fc1ccc(Cn2nnc(-c3ccncc3)n2)cc1. The molecule has 0 aliphatic rings. The van der Waals surface area contributed by atoms with Crippen LogP contribution in [0.1, 0.15) is 5.56 Å². The van der Waals surface area contributed by atoms with Crippen LogP contribution in [0, 0.1) is 5.82 Å². The van der Waals surface area contributed by atoms with Crippen molar-refractivity contribution in [3.8, 4) is 11.4 Å². The van der Waals surface area contributed by atoms with Crippen molar-refractivity contribution >= 4 is 0 Å². The average molecular weight is 255 g/mol. The van der Waals surface area contributed by atoms with Crippen LogP contribution in [-0.4, -0.2) is 25.2 Å². The van der Waals surface area contributed by atoms with Gasteiger partial charge in [-0.25, -0.2) is 4.39 Å². The minimum atomic E-state index is -0.257. The van der Waals surface area contributed by atoms with Gasteiger partial charge in [-0.1, -0.05) is 12.1 Å². The zero-order valence-corrected chi connectivity index (χ0v) is 9.94. The Morgan fingerprint density at radius 1 is 1.00 bits per heavy atom. The van der Waals surface area contributed by atoms with Crippen molar-refractivity contribution in [2.45, 2.75) is 6.54 Å². The first-order valence-electron chi connectivity index (χ1n) is 5.74. The van der Waals surface area contributed by atoms with Crippen molar-refractivity contribution in [3.05, 3.63) is 60.2 Å². The second kappa shape index (κ2) is 4.93. The van der Waals surface area contributed by atoms with Crippen LogP contribution < -0.4 is 0 Å². The molecule has 2 heterocycles. The summed E-state index contributed by atoms with van der Waals surface area (Å²) in [5.41, 5.74) is 1.78. The van der Waals surface area contributed by atoms with E-state index in [1.807, 2.05) is 12.1 Å². The van der Waals surface area contributed by atoms with Crippen molar-refractivity contribution in [2.75, 3.05) is 0 Å². The van der Waals surface area contributed by atoms with Gasteiger partial charge in [0.15, 0.2) is 0 Å². The van der Waals surface area contributed by atoms with Gasteiger partial charge in [-0.2, -0.15) is 4.80 Å². The lowest BCUT2D eigenvalue weighted by Gasteiger charge is -1.98. The molecule has 1 aromatic carbocycles. The molecule has 0 bridgehead atoms. The van der Waals surface area contributed by atoms with E-state index < -0.39 is 0 Å². The molecular weight excluding hydrogens is 245 g/mol. The summed E-state index contributed by atoms with van der Waals surface area (Å²) in [6.45, 7) is 0.457. The second-order valence-corrected chi connectivity index (χ2v) is 4.01. The highest BCUT2D eigenvalue weighted by atomic mass is 19.1. The van der Waals surface area contributed by atoms with Gasteiger partial charge < -0.3 is 0 Å². The third-order valence-corrected chi connectivity index (χ3v) is 2.63. The minimum absolute atomic E-state index is 0.257. The molecular formula is C13H10FN5. The van der Waals surface area contributed by atoms with E-state index in [2.05, 4.69) is 20.4 Å². The fourth-order valence-corrected chi connectivity index (χ4v) is 1.68. The molecule has 2 aromatic heterocycles. The molecule has 0 aliphatic heterocycles. The Hall–Kier alpha value is -2.63. The number of aromatic nitrogens is 5. The maximum absolute atomic E-state index is 12.8. The highest BCUT2D eigenvalue weighted by Gasteiger charge is 2.05. The molecule has 5 nitrogen and oxygen atoms in total. The van der Waals surface area contributed by atoms with E-state index in [9.17, 15) is 4.39 Å². The largest absolute Gasteiger partial charge is 0.265 e. The molecule has 0 fully saturated rings. The molecule has 3 aromatic rings. The number of tetrazole rings is 1. The topological polar surface area (TPSA) is 56.5 Å². The van der Waals surface area contributed by atoms with Crippen LogP contribution in [0.25, 0.3) is 11.4 Å². The Labute approximate surface area is 108 Å². The van der Waals surface area contributed by atoms with Crippen molar-refractivity contribution < 1.29 is 4.39 Å². The molecule has 3 rings (SSSR count). The van der Waals surface area contributed by atoms with Gasteiger partial charge in [-0.3, -0.25) is 4.98 Å². The minimum Gasteiger partial charge on any atom is -0.265 e. The molecule has 0 N–H and O–H groups in total. The zero-order valence-electron chi connectivity index (χ0n) is 9.94. The highest BCUT2D eigenvalue weighted by molar-refractivity contribution is 5.52. The Bertz CT molecular complexity index is 663. The quantitative estimate of drug-likeness (QED) is 0.717. The van der Waals surface area contributed by atoms with Crippen LogP contribution in [0.5, 0.6) is 0 Å². The normalized spacial score (nSPS) is 10.6. The van der Waals surface area contributed by atoms with E-state index in [0.29, 0.717) is 12.4 Å². The first-order chi connectivity index (χ1) is 9.31. The van der Waals surface area contributed by atoms with Crippen LogP contribution in [-0.2, 0) is 6.54 Å². The van der Waals surface area contributed by atoms with E-state index >= 15 is 0 Å². The van der Waals surface area contributed by atoms with Crippen LogP contribution in [0.4, 0.5) is 4.39 Å². The number of pyridine rings is 1. The van der Waals surface area contributed by atoms with Gasteiger partial charge in [0.25, 0.3) is 0 Å². The predicted octanol–water partition coefficient (Wildman–Crippen LogP) is 1.92. The van der Waals surface area contributed by atoms with Crippen LogP contribution in [0.15, 0.2) is 48.8 Å². The summed E-state index contributed by atoms with van der Waals surface area (Å²) in [6.07, 6.45) is 3.35. The molecule has 94 valence electrons. The molecule has 19 heavy (non-hydrogen) atoms. The van der Waals surface area contributed by atoms with Gasteiger partial charge in [-0.05, 0) is 35.0 Å². The Morgan fingerprint density at radius 2 is 1.74 bits per heavy atom. The summed E-state index contributed by atoms with van der Waals surface area (Å²) in [5.74, 6) is 0.289. The Morgan fingerprint density at radius 3 is 2.47 bits per heavy atom. The smallest absolute Gasteiger partial charge is 0.205 e. The number of hydrogen-bond acceptors (Lipinski definition) is 4. The van der Waals surface area contributed by atoms with Crippen LogP contribution >= 0.6 is 0 Å². The third kappa shape index (κ3) is 2.62. The summed E-state index contributed by atoms with van der Waals surface area (Å²) >= 11 is 0. The lowest BCUT2D eigenvalue weighted by atomic mass is 10.2. The van der Waals surface area contributed by atoms with Gasteiger partial charge >= 0.3 is 0 Å². The lowest BCUT2D eigenvalue weighted by Crippen LogP contribution is -2.03. The number of rotatable bonds is 3. The summed E-state index contributed by atoms with van der Waals surface area (Å²) in [7, 11) is 0. The van der Waals surface area contributed by atoms with Gasteiger partial charge in [0.1, 0.15) is 5.82 Å². The number of benzene rings is 1. The van der Waals surface area contributed by atoms with E-state index in [-0.39, 0.29) is 5.82 Å². The standard InChI is InChI=1S/C13H10FN5/c14-12-3-1-10(2-4-12)9-19-17-13(16-18-19)11-5-7-15-8-6-11/h1-8H,9H2. The number of nitrogens with zero attached hydrogens (tertiary/aromatic N) is 5. The molecule has 0 atom stereocenters. The zero-order chi connectivity index (χ0) is 13.1. The summed E-state index contributed by atoms with van der Waals surface area (Å²) < 4.78 is 12.8. The van der Waals surface area contributed by atoms with Crippen molar-refractivity contribution in [1.82, 2.24) is 25.2 Å². The van der Waals surface area contributed by atoms with Crippen molar-refractivity contribution in [1.29, 1.82) is 0 Å². The van der Waals surface area contributed by atoms with Gasteiger partial charge in [0.05, 0.1) is 6.54 Å². The van der Waals surface area contributed by atoms with Gasteiger partial charge in [0.2, 0.25) is 5.82 Å².